The summed E-state index contributed by atoms with van der Waals surface area (Å²) in [5.41, 5.74) is 11.5. The maximum absolute atomic E-state index is 12.3. The summed E-state index contributed by atoms with van der Waals surface area (Å²) < 4.78 is 16.6. The lowest BCUT2D eigenvalue weighted by molar-refractivity contribution is -0.257. The number of aliphatic hydroxyl groups excluding tert-OH is 4. The summed E-state index contributed by atoms with van der Waals surface area (Å²) in [4.78, 5) is 12.3. The van der Waals surface area contributed by atoms with E-state index in [2.05, 4.69) is 10.6 Å². The monoisotopic (exact) mass is 438 g/mol. The molecule has 1 amide bonds. The number of nitrogens with one attached hydrogen (secondary N) is 2. The van der Waals surface area contributed by atoms with Crippen LogP contribution in [0, 0.1) is 0 Å². The number of carbonyl (C=O) groups is 1. The minimum Gasteiger partial charge on any atom is -0.394 e. The van der Waals surface area contributed by atoms with Gasteiger partial charge in [0.15, 0.2) is 6.29 Å². The molecule has 0 radical (unpaired) electrons. The van der Waals surface area contributed by atoms with Crippen molar-refractivity contribution in [2.45, 2.75) is 74.7 Å². The normalized spacial score (nSPS) is 31.0. The van der Waals surface area contributed by atoms with Crippen LogP contribution in [0.25, 0.3) is 0 Å². The molecule has 12 heteroatoms. The van der Waals surface area contributed by atoms with E-state index < -0.39 is 60.8 Å². The Hall–Kier alpha value is -0.930. The molecule has 0 aliphatic heterocycles. The van der Waals surface area contributed by atoms with Crippen LogP contribution in [0.15, 0.2) is 0 Å². The largest absolute Gasteiger partial charge is 0.394 e. The van der Waals surface area contributed by atoms with Crippen LogP contribution >= 0.6 is 0 Å². The molecule has 0 aromatic rings. The van der Waals surface area contributed by atoms with Gasteiger partial charge in [0.2, 0.25) is 5.91 Å². The predicted octanol–water partition coefficient (Wildman–Crippen LogP) is -4.02. The number of aliphatic hydroxyl groups is 4. The first-order valence-electron chi connectivity index (χ1n) is 10.1. The zero-order valence-electron chi connectivity index (χ0n) is 17.8. The van der Waals surface area contributed by atoms with E-state index in [9.17, 15) is 20.1 Å². The first-order chi connectivity index (χ1) is 14.2. The van der Waals surface area contributed by atoms with Crippen LogP contribution in [-0.2, 0) is 19.0 Å². The Balaban J connectivity index is 3.07. The third kappa shape index (κ3) is 7.34. The molecule has 0 aromatic carbocycles. The number of amides is 1. The third-order valence-electron chi connectivity index (χ3n) is 5.27. The molecule has 1 aliphatic rings. The van der Waals surface area contributed by atoms with Gasteiger partial charge < -0.3 is 56.7 Å². The van der Waals surface area contributed by atoms with Gasteiger partial charge in [-0.3, -0.25) is 4.79 Å². The predicted molar refractivity (Wildman–Crippen MR) is 107 cm³/mol. The number of methoxy groups -OCH3 is 1. The molecule has 1 fully saturated rings. The fourth-order valence-corrected chi connectivity index (χ4v) is 3.39. The maximum Gasteiger partial charge on any atom is 0.249 e. The number of hydrogen-bond donors (Lipinski definition) is 8. The Labute approximate surface area is 176 Å². The van der Waals surface area contributed by atoms with Crippen molar-refractivity contribution in [1.29, 1.82) is 0 Å². The molecule has 1 aliphatic carbocycles. The summed E-state index contributed by atoms with van der Waals surface area (Å²) >= 11 is 0. The van der Waals surface area contributed by atoms with E-state index in [4.69, 9.17) is 30.8 Å². The summed E-state index contributed by atoms with van der Waals surface area (Å²) in [5, 5.41) is 45.9. The highest BCUT2D eigenvalue weighted by atomic mass is 16.7. The van der Waals surface area contributed by atoms with Gasteiger partial charge in [-0.05, 0) is 33.4 Å². The molecule has 12 nitrogen and oxygen atoms in total. The topological polar surface area (TPSA) is 202 Å². The lowest BCUT2D eigenvalue weighted by Crippen LogP contribution is -2.66. The minimum atomic E-state index is -1.32. The zero-order valence-corrected chi connectivity index (χ0v) is 17.8. The van der Waals surface area contributed by atoms with Crippen molar-refractivity contribution in [3.8, 4) is 0 Å². The fraction of sp³-hybridized carbons (Fsp3) is 0.944. The van der Waals surface area contributed by atoms with E-state index in [1.807, 2.05) is 0 Å². The summed E-state index contributed by atoms with van der Waals surface area (Å²) in [6, 6.07) is -1.84. The Morgan fingerprint density at radius 2 is 1.97 bits per heavy atom. The van der Waals surface area contributed by atoms with Crippen molar-refractivity contribution in [2.24, 2.45) is 11.5 Å². The van der Waals surface area contributed by atoms with Gasteiger partial charge in [0.1, 0.15) is 30.5 Å². The van der Waals surface area contributed by atoms with Crippen molar-refractivity contribution >= 4 is 5.91 Å². The van der Waals surface area contributed by atoms with Crippen molar-refractivity contribution in [1.82, 2.24) is 10.6 Å². The number of carbonyl (C=O) groups excluding carboxylic acids is 1. The average molecular weight is 439 g/mol. The number of hydrogen-bond acceptors (Lipinski definition) is 11. The molecule has 1 saturated carbocycles. The standard InChI is InChI=1S/C18H38N4O8/c1-9(21-2)13(25)18(29-7-6-23)30-16-11(22-17(27)12(24)4-5-19)8-10(20)15(28-3)14(16)26/h9-16,18,21,23-26H,4-8,19-20H2,1-3H3,(H,22,27)/t9-,10-,11+,12-,13+,14-,15+,16-,18+/m0/s1. The van der Waals surface area contributed by atoms with Crippen LogP contribution in [-0.4, -0.2) is 115 Å². The summed E-state index contributed by atoms with van der Waals surface area (Å²) in [6.07, 6.45) is -6.54. The number of likely N-dealkylation sites (N-methyl/N-ethyl adjacent to an activating group) is 1. The van der Waals surface area contributed by atoms with Crippen molar-refractivity contribution in [2.75, 3.05) is 33.9 Å². The molecule has 0 unspecified atom stereocenters. The van der Waals surface area contributed by atoms with Gasteiger partial charge in [0.25, 0.3) is 0 Å². The second-order valence-corrected chi connectivity index (χ2v) is 7.43. The molecule has 30 heavy (non-hydrogen) atoms. The van der Waals surface area contributed by atoms with E-state index in [1.165, 1.54) is 7.11 Å². The van der Waals surface area contributed by atoms with Crippen molar-refractivity contribution < 1.29 is 39.4 Å². The minimum absolute atomic E-state index is 0.0695. The molecular weight excluding hydrogens is 400 g/mol. The highest BCUT2D eigenvalue weighted by molar-refractivity contribution is 5.80. The first kappa shape index (κ1) is 27.1. The van der Waals surface area contributed by atoms with Gasteiger partial charge in [-0.15, -0.1) is 0 Å². The van der Waals surface area contributed by atoms with Crippen LogP contribution in [0.3, 0.4) is 0 Å². The average Bonchev–Trinajstić information content (AvgIpc) is 2.72. The Bertz CT molecular complexity index is 503. The molecule has 0 aromatic heterocycles. The second kappa shape index (κ2) is 13.5. The first-order valence-corrected chi connectivity index (χ1v) is 10.1. The molecule has 0 heterocycles. The Kier molecular flexibility index (Phi) is 12.2. The summed E-state index contributed by atoms with van der Waals surface area (Å²) in [6.45, 7) is 1.42. The SMILES string of the molecule is CN[C@@H](C)[C@@H](O)[C@H](OCCO)O[C@@H]1[C@@H](O)[C@H](OC)[C@@H](N)C[C@H]1NC(=O)[C@@H](O)CCN. The highest BCUT2D eigenvalue weighted by Gasteiger charge is 2.46. The van der Waals surface area contributed by atoms with Crippen LogP contribution in [0.1, 0.15) is 19.8 Å². The fourth-order valence-electron chi connectivity index (χ4n) is 3.39. The van der Waals surface area contributed by atoms with Gasteiger partial charge in [-0.2, -0.15) is 0 Å². The van der Waals surface area contributed by atoms with E-state index in [0.717, 1.165) is 0 Å². The number of nitrogens with two attached hydrogens (primary N) is 2. The third-order valence-corrected chi connectivity index (χ3v) is 5.27. The molecular formula is C18H38N4O8. The van der Waals surface area contributed by atoms with Crippen LogP contribution < -0.4 is 22.1 Å². The van der Waals surface area contributed by atoms with Crippen LogP contribution in [0.2, 0.25) is 0 Å². The van der Waals surface area contributed by atoms with Gasteiger partial charge in [-0.25, -0.2) is 0 Å². The zero-order chi connectivity index (χ0) is 22.8. The van der Waals surface area contributed by atoms with E-state index in [0.29, 0.717) is 0 Å². The van der Waals surface area contributed by atoms with E-state index >= 15 is 0 Å². The van der Waals surface area contributed by atoms with E-state index in [-0.39, 0.29) is 32.6 Å². The lowest BCUT2D eigenvalue weighted by atomic mass is 9.83. The Morgan fingerprint density at radius 1 is 1.30 bits per heavy atom. The second-order valence-electron chi connectivity index (χ2n) is 7.43. The van der Waals surface area contributed by atoms with Gasteiger partial charge in [0.05, 0.1) is 19.3 Å². The lowest BCUT2D eigenvalue weighted by Gasteiger charge is -2.44. The molecule has 9 atom stereocenters. The van der Waals surface area contributed by atoms with Crippen LogP contribution in [0.5, 0.6) is 0 Å². The Morgan fingerprint density at radius 3 is 2.50 bits per heavy atom. The molecule has 0 saturated heterocycles. The number of rotatable bonds is 13. The molecule has 10 N–H and O–H groups in total. The molecule has 1 rings (SSSR count). The molecule has 178 valence electrons. The number of ether oxygens (including phenoxy) is 3. The van der Waals surface area contributed by atoms with E-state index in [1.54, 1.807) is 14.0 Å². The summed E-state index contributed by atoms with van der Waals surface area (Å²) in [7, 11) is 3.04. The van der Waals surface area contributed by atoms with Crippen molar-refractivity contribution in [3.63, 3.8) is 0 Å². The molecule has 0 bridgehead atoms. The van der Waals surface area contributed by atoms with Gasteiger partial charge in [-0.1, -0.05) is 0 Å². The highest BCUT2D eigenvalue weighted by Crippen LogP contribution is 2.26. The van der Waals surface area contributed by atoms with Crippen molar-refractivity contribution in [3.05, 3.63) is 0 Å². The van der Waals surface area contributed by atoms with Gasteiger partial charge >= 0.3 is 0 Å². The quantitative estimate of drug-likeness (QED) is 0.130. The smallest absolute Gasteiger partial charge is 0.249 e. The summed E-state index contributed by atoms with van der Waals surface area (Å²) in [5.74, 6) is -0.675. The van der Waals surface area contributed by atoms with Gasteiger partial charge in [0, 0.05) is 19.2 Å². The maximum atomic E-state index is 12.3. The van der Waals surface area contributed by atoms with Crippen LogP contribution in [0.4, 0.5) is 0 Å². The molecule has 0 spiro atoms.